The zero-order valence-electron chi connectivity index (χ0n) is 10.1. The highest BCUT2D eigenvalue weighted by Crippen LogP contribution is 2.11. The van der Waals surface area contributed by atoms with Crippen LogP contribution in [0.3, 0.4) is 0 Å². The van der Waals surface area contributed by atoms with Crippen LogP contribution in [0.25, 0.3) is 0 Å². The summed E-state index contributed by atoms with van der Waals surface area (Å²) in [6.07, 6.45) is 6.10. The Labute approximate surface area is 89.1 Å². The van der Waals surface area contributed by atoms with Crippen LogP contribution in [0.4, 0.5) is 0 Å². The maximum absolute atomic E-state index is 8.76. The standard InChI is InChI=1S/C12H27NO/c1-4-6-7-12(5-2)10-13-11(3)8-9-14/h11-14H,4-10H2,1-3H3. The lowest BCUT2D eigenvalue weighted by molar-refractivity contribution is 0.264. The molecule has 2 unspecified atom stereocenters. The van der Waals surface area contributed by atoms with Gasteiger partial charge in [0.1, 0.15) is 0 Å². The van der Waals surface area contributed by atoms with E-state index >= 15 is 0 Å². The number of aliphatic hydroxyl groups excluding tert-OH is 1. The lowest BCUT2D eigenvalue weighted by Crippen LogP contribution is -2.31. The van der Waals surface area contributed by atoms with Gasteiger partial charge < -0.3 is 10.4 Å². The van der Waals surface area contributed by atoms with Gasteiger partial charge in [-0.1, -0.05) is 33.1 Å². The molecular weight excluding hydrogens is 174 g/mol. The summed E-state index contributed by atoms with van der Waals surface area (Å²) >= 11 is 0. The van der Waals surface area contributed by atoms with E-state index in [-0.39, 0.29) is 0 Å². The van der Waals surface area contributed by atoms with Gasteiger partial charge in [-0.2, -0.15) is 0 Å². The molecule has 2 N–H and O–H groups in total. The Morgan fingerprint density at radius 3 is 2.43 bits per heavy atom. The highest BCUT2D eigenvalue weighted by atomic mass is 16.3. The number of unbranched alkanes of at least 4 members (excludes halogenated alkanes) is 1. The number of hydrogen-bond donors (Lipinski definition) is 2. The minimum absolute atomic E-state index is 0.292. The summed E-state index contributed by atoms with van der Waals surface area (Å²) in [5.74, 6) is 0.816. The third-order valence-electron chi connectivity index (χ3n) is 2.86. The SMILES string of the molecule is CCCCC(CC)CNC(C)CCO. The lowest BCUT2D eigenvalue weighted by atomic mass is 9.99. The van der Waals surface area contributed by atoms with Gasteiger partial charge in [-0.05, 0) is 32.2 Å². The van der Waals surface area contributed by atoms with Gasteiger partial charge in [-0.25, -0.2) is 0 Å². The monoisotopic (exact) mass is 201 g/mol. The van der Waals surface area contributed by atoms with Crippen LogP contribution in [-0.2, 0) is 0 Å². The summed E-state index contributed by atoms with van der Waals surface area (Å²) in [6.45, 7) is 8.05. The first-order chi connectivity index (χ1) is 6.74. The Bertz CT molecular complexity index is 117. The molecule has 2 nitrogen and oxygen atoms in total. The van der Waals surface area contributed by atoms with Crippen LogP contribution in [0, 0.1) is 5.92 Å². The van der Waals surface area contributed by atoms with Crippen molar-refractivity contribution >= 4 is 0 Å². The average molecular weight is 201 g/mol. The molecule has 0 rings (SSSR count). The number of aliphatic hydroxyl groups is 1. The lowest BCUT2D eigenvalue weighted by Gasteiger charge is -2.18. The summed E-state index contributed by atoms with van der Waals surface area (Å²) in [6, 6.07) is 0.454. The fraction of sp³-hybridized carbons (Fsp3) is 1.00. The Balaban J connectivity index is 3.50. The van der Waals surface area contributed by atoms with Crippen LogP contribution in [0.1, 0.15) is 52.9 Å². The first kappa shape index (κ1) is 13.9. The molecule has 0 aliphatic rings. The van der Waals surface area contributed by atoms with E-state index in [1.807, 2.05) is 0 Å². The molecule has 0 aliphatic heterocycles. The summed E-state index contributed by atoms with van der Waals surface area (Å²) in [5, 5.41) is 12.2. The molecule has 0 spiro atoms. The fourth-order valence-electron chi connectivity index (χ4n) is 1.61. The Kier molecular flexibility index (Phi) is 9.42. The summed E-state index contributed by atoms with van der Waals surface area (Å²) < 4.78 is 0. The van der Waals surface area contributed by atoms with Crippen LogP contribution in [0.2, 0.25) is 0 Å². The third kappa shape index (κ3) is 7.34. The molecule has 14 heavy (non-hydrogen) atoms. The van der Waals surface area contributed by atoms with Crippen LogP contribution in [-0.4, -0.2) is 24.3 Å². The van der Waals surface area contributed by atoms with Gasteiger partial charge in [-0.3, -0.25) is 0 Å². The van der Waals surface area contributed by atoms with Crippen molar-refractivity contribution in [3.8, 4) is 0 Å². The largest absolute Gasteiger partial charge is 0.396 e. The second-order valence-electron chi connectivity index (χ2n) is 4.24. The number of rotatable bonds is 9. The second kappa shape index (κ2) is 9.47. The van der Waals surface area contributed by atoms with Crippen molar-refractivity contribution in [1.29, 1.82) is 0 Å². The molecule has 0 aromatic rings. The second-order valence-corrected chi connectivity index (χ2v) is 4.24. The normalized spacial score (nSPS) is 15.4. The van der Waals surface area contributed by atoms with Gasteiger partial charge in [0, 0.05) is 12.6 Å². The van der Waals surface area contributed by atoms with Crippen LogP contribution < -0.4 is 5.32 Å². The van der Waals surface area contributed by atoms with Gasteiger partial charge in [0.15, 0.2) is 0 Å². The molecule has 0 aliphatic carbocycles. The smallest absolute Gasteiger partial charge is 0.0445 e. The van der Waals surface area contributed by atoms with Gasteiger partial charge >= 0.3 is 0 Å². The fourth-order valence-corrected chi connectivity index (χ4v) is 1.61. The van der Waals surface area contributed by atoms with Crippen LogP contribution in [0.5, 0.6) is 0 Å². The van der Waals surface area contributed by atoms with Crippen molar-refractivity contribution in [2.24, 2.45) is 5.92 Å². The molecule has 0 fully saturated rings. The highest BCUT2D eigenvalue weighted by molar-refractivity contribution is 4.65. The van der Waals surface area contributed by atoms with Crippen molar-refractivity contribution in [2.75, 3.05) is 13.2 Å². The van der Waals surface area contributed by atoms with Crippen LogP contribution in [0.15, 0.2) is 0 Å². The quantitative estimate of drug-likeness (QED) is 0.601. The van der Waals surface area contributed by atoms with E-state index < -0.39 is 0 Å². The molecule has 0 bridgehead atoms. The minimum Gasteiger partial charge on any atom is -0.396 e. The zero-order chi connectivity index (χ0) is 10.8. The minimum atomic E-state index is 0.292. The van der Waals surface area contributed by atoms with Crippen molar-refractivity contribution in [3.63, 3.8) is 0 Å². The summed E-state index contributed by atoms with van der Waals surface area (Å²) in [7, 11) is 0. The van der Waals surface area contributed by atoms with Crippen molar-refractivity contribution in [1.82, 2.24) is 5.32 Å². The molecule has 0 aromatic carbocycles. The van der Waals surface area contributed by atoms with Gasteiger partial charge in [0.2, 0.25) is 0 Å². The highest BCUT2D eigenvalue weighted by Gasteiger charge is 2.07. The third-order valence-corrected chi connectivity index (χ3v) is 2.86. The molecule has 0 aromatic heterocycles. The summed E-state index contributed by atoms with van der Waals surface area (Å²) in [5.41, 5.74) is 0. The molecular formula is C12H27NO. The van der Waals surface area contributed by atoms with E-state index in [1.54, 1.807) is 0 Å². The van der Waals surface area contributed by atoms with E-state index in [0.717, 1.165) is 18.9 Å². The molecule has 86 valence electrons. The van der Waals surface area contributed by atoms with E-state index in [9.17, 15) is 0 Å². The zero-order valence-corrected chi connectivity index (χ0v) is 10.1. The van der Waals surface area contributed by atoms with E-state index in [4.69, 9.17) is 5.11 Å². The van der Waals surface area contributed by atoms with E-state index in [2.05, 4.69) is 26.1 Å². The van der Waals surface area contributed by atoms with Gasteiger partial charge in [0.05, 0.1) is 0 Å². The van der Waals surface area contributed by atoms with Crippen molar-refractivity contribution in [2.45, 2.75) is 58.9 Å². The van der Waals surface area contributed by atoms with E-state index in [0.29, 0.717) is 12.6 Å². The van der Waals surface area contributed by atoms with E-state index in [1.165, 1.54) is 25.7 Å². The first-order valence-electron chi connectivity index (χ1n) is 6.08. The Morgan fingerprint density at radius 2 is 1.93 bits per heavy atom. The topological polar surface area (TPSA) is 32.3 Å². The molecule has 0 saturated carbocycles. The molecule has 0 heterocycles. The van der Waals surface area contributed by atoms with Crippen molar-refractivity contribution in [3.05, 3.63) is 0 Å². The number of nitrogens with one attached hydrogen (secondary N) is 1. The molecule has 0 saturated heterocycles. The predicted octanol–water partition coefficient (Wildman–Crippen LogP) is 2.56. The predicted molar refractivity (Wildman–Crippen MR) is 62.5 cm³/mol. The number of hydrogen-bond acceptors (Lipinski definition) is 2. The molecule has 2 heteroatoms. The summed E-state index contributed by atoms with van der Waals surface area (Å²) in [4.78, 5) is 0. The Hall–Kier alpha value is -0.0800. The first-order valence-corrected chi connectivity index (χ1v) is 6.08. The van der Waals surface area contributed by atoms with Gasteiger partial charge in [0.25, 0.3) is 0 Å². The average Bonchev–Trinajstić information content (AvgIpc) is 2.19. The maximum Gasteiger partial charge on any atom is 0.0445 e. The molecule has 0 radical (unpaired) electrons. The van der Waals surface area contributed by atoms with Gasteiger partial charge in [-0.15, -0.1) is 0 Å². The molecule has 0 amide bonds. The molecule has 2 atom stereocenters. The van der Waals surface area contributed by atoms with Crippen LogP contribution >= 0.6 is 0 Å². The maximum atomic E-state index is 8.76. The van der Waals surface area contributed by atoms with Crippen molar-refractivity contribution < 1.29 is 5.11 Å². The Morgan fingerprint density at radius 1 is 1.21 bits per heavy atom.